The highest BCUT2D eigenvalue weighted by molar-refractivity contribution is 5.90. The highest BCUT2D eigenvalue weighted by Gasteiger charge is 2.62. The van der Waals surface area contributed by atoms with Crippen LogP contribution in [0, 0.1) is 0 Å². The van der Waals surface area contributed by atoms with Gasteiger partial charge in [0.1, 0.15) is 5.75 Å². The van der Waals surface area contributed by atoms with E-state index in [0.29, 0.717) is 12.0 Å². The van der Waals surface area contributed by atoms with Crippen molar-refractivity contribution >= 4 is 11.6 Å². The van der Waals surface area contributed by atoms with Gasteiger partial charge in [-0.1, -0.05) is 31.5 Å². The number of rotatable bonds is 5. The molecule has 0 saturated carbocycles. The molecule has 1 aromatic carbocycles. The predicted molar refractivity (Wildman–Crippen MR) is 81.2 cm³/mol. The molecular formula is C16H19F3N2O3. The van der Waals surface area contributed by atoms with Gasteiger partial charge in [-0.05, 0) is 24.5 Å². The topological polar surface area (TPSA) is 73.1 Å². The lowest BCUT2D eigenvalue weighted by Gasteiger charge is -2.32. The maximum atomic E-state index is 13.2. The molecular weight excluding hydrogens is 325 g/mol. The number of aryl methyl sites for hydroxylation is 1. The number of aromatic hydroxyl groups is 1. The number of hydrogen-bond acceptors (Lipinski definition) is 4. The predicted octanol–water partition coefficient (Wildman–Crippen LogP) is 2.96. The van der Waals surface area contributed by atoms with Crippen LogP contribution in [0.25, 0.3) is 0 Å². The highest BCUT2D eigenvalue weighted by Crippen LogP contribution is 2.41. The third kappa shape index (κ3) is 3.53. The van der Waals surface area contributed by atoms with E-state index in [-0.39, 0.29) is 35.7 Å². The van der Waals surface area contributed by atoms with Gasteiger partial charge in [0, 0.05) is 18.6 Å². The van der Waals surface area contributed by atoms with Crippen LogP contribution in [-0.2, 0) is 11.2 Å². The summed E-state index contributed by atoms with van der Waals surface area (Å²) in [5, 5.41) is 23.5. The number of phenolic OH excluding ortho intramolecular Hbond substituents is 1. The van der Waals surface area contributed by atoms with Crippen molar-refractivity contribution in [3.8, 4) is 5.75 Å². The van der Waals surface area contributed by atoms with Crippen LogP contribution < -0.4 is 0 Å². The molecule has 2 N–H and O–H groups in total. The Balaban J connectivity index is 2.16. The first kappa shape index (κ1) is 18.3. The lowest BCUT2D eigenvalue weighted by atomic mass is 10.0. The van der Waals surface area contributed by atoms with Crippen LogP contribution in [0.4, 0.5) is 13.2 Å². The number of phenols is 1. The van der Waals surface area contributed by atoms with Gasteiger partial charge in [0.25, 0.3) is 5.72 Å². The number of hydrogen-bond donors (Lipinski definition) is 2. The van der Waals surface area contributed by atoms with Gasteiger partial charge in [0.05, 0.1) is 0 Å². The Hall–Kier alpha value is -2.09. The van der Waals surface area contributed by atoms with Crippen LogP contribution in [0.15, 0.2) is 29.4 Å². The van der Waals surface area contributed by atoms with Crippen molar-refractivity contribution in [2.24, 2.45) is 5.10 Å². The highest BCUT2D eigenvalue weighted by atomic mass is 19.4. The lowest BCUT2D eigenvalue weighted by molar-refractivity contribution is -0.302. The fourth-order valence-corrected chi connectivity index (χ4v) is 2.60. The second-order valence-electron chi connectivity index (χ2n) is 5.74. The molecule has 0 spiro atoms. The van der Waals surface area contributed by atoms with Crippen molar-refractivity contribution in [1.82, 2.24) is 5.01 Å². The smallest absolute Gasteiger partial charge is 0.438 e. The molecule has 2 rings (SSSR count). The SMILES string of the molecule is CCCC1=NN(C(=O)CCc2ccccc2O)[C@@](O)(C(F)(F)F)C1. The number of para-hydroxylation sites is 1. The van der Waals surface area contributed by atoms with Crippen molar-refractivity contribution in [3.63, 3.8) is 0 Å². The fourth-order valence-electron chi connectivity index (χ4n) is 2.60. The molecule has 1 aromatic rings. The number of aliphatic hydroxyl groups is 1. The molecule has 0 saturated heterocycles. The number of hydrazone groups is 1. The summed E-state index contributed by atoms with van der Waals surface area (Å²) in [7, 11) is 0. The molecule has 5 nitrogen and oxygen atoms in total. The van der Waals surface area contributed by atoms with Gasteiger partial charge < -0.3 is 10.2 Å². The van der Waals surface area contributed by atoms with Crippen molar-refractivity contribution in [2.75, 3.05) is 0 Å². The van der Waals surface area contributed by atoms with Crippen molar-refractivity contribution in [2.45, 2.75) is 50.9 Å². The molecule has 0 unspecified atom stereocenters. The Morgan fingerprint density at radius 3 is 2.58 bits per heavy atom. The summed E-state index contributed by atoms with van der Waals surface area (Å²) >= 11 is 0. The molecule has 0 fully saturated rings. The lowest BCUT2D eigenvalue weighted by Crippen LogP contribution is -2.56. The van der Waals surface area contributed by atoms with Crippen LogP contribution in [0.3, 0.4) is 0 Å². The Kier molecular flexibility index (Phi) is 5.17. The van der Waals surface area contributed by atoms with E-state index >= 15 is 0 Å². The zero-order valence-corrected chi connectivity index (χ0v) is 13.2. The van der Waals surface area contributed by atoms with Crippen LogP contribution in [0.5, 0.6) is 5.75 Å². The minimum Gasteiger partial charge on any atom is -0.508 e. The quantitative estimate of drug-likeness (QED) is 0.862. The first-order chi connectivity index (χ1) is 11.2. The maximum absolute atomic E-state index is 13.2. The monoisotopic (exact) mass is 344 g/mol. The summed E-state index contributed by atoms with van der Waals surface area (Å²) in [4.78, 5) is 12.2. The molecule has 1 atom stereocenters. The third-order valence-corrected chi connectivity index (χ3v) is 3.87. The van der Waals surface area contributed by atoms with Gasteiger partial charge in [0.2, 0.25) is 5.91 Å². The molecule has 8 heteroatoms. The number of amides is 1. The first-order valence-corrected chi connectivity index (χ1v) is 7.64. The number of nitrogens with zero attached hydrogens (tertiary/aromatic N) is 2. The molecule has 0 radical (unpaired) electrons. The van der Waals surface area contributed by atoms with E-state index in [4.69, 9.17) is 0 Å². The van der Waals surface area contributed by atoms with E-state index in [1.165, 1.54) is 6.07 Å². The van der Waals surface area contributed by atoms with Crippen molar-refractivity contribution in [3.05, 3.63) is 29.8 Å². The number of halogens is 3. The van der Waals surface area contributed by atoms with E-state index < -0.39 is 24.2 Å². The summed E-state index contributed by atoms with van der Waals surface area (Å²) < 4.78 is 39.7. The standard InChI is InChI=1S/C16H19F3N2O3/c1-2-5-12-10-15(24,16(17,18)19)21(20-12)14(23)9-8-11-6-3-4-7-13(11)22/h3-4,6-7,22,24H,2,5,8-10H2,1H3/t15-/m0/s1. The number of benzene rings is 1. The largest absolute Gasteiger partial charge is 0.508 e. The van der Waals surface area contributed by atoms with Crippen molar-refractivity contribution in [1.29, 1.82) is 0 Å². The Labute approximate surface area is 137 Å². The van der Waals surface area contributed by atoms with Gasteiger partial charge in [-0.2, -0.15) is 23.3 Å². The Bertz CT molecular complexity index is 646. The first-order valence-electron chi connectivity index (χ1n) is 7.64. The average Bonchev–Trinajstić information content (AvgIpc) is 2.84. The molecule has 0 aliphatic carbocycles. The second kappa shape index (κ2) is 6.80. The fraction of sp³-hybridized carbons (Fsp3) is 0.500. The molecule has 1 heterocycles. The number of carbonyl (C=O) groups is 1. The van der Waals surface area contributed by atoms with Gasteiger partial charge >= 0.3 is 6.18 Å². The minimum absolute atomic E-state index is 0.0343. The van der Waals surface area contributed by atoms with Crippen molar-refractivity contribution < 1.29 is 28.2 Å². The normalized spacial score (nSPS) is 21.0. The third-order valence-electron chi connectivity index (χ3n) is 3.87. The summed E-state index contributed by atoms with van der Waals surface area (Å²) in [5.74, 6) is -0.975. The van der Waals surface area contributed by atoms with E-state index in [9.17, 15) is 28.2 Å². The van der Waals surface area contributed by atoms with Crippen LogP contribution in [0.2, 0.25) is 0 Å². The van der Waals surface area contributed by atoms with Crippen LogP contribution in [0.1, 0.15) is 38.2 Å². The molecule has 24 heavy (non-hydrogen) atoms. The van der Waals surface area contributed by atoms with Gasteiger partial charge in [0.15, 0.2) is 0 Å². The van der Waals surface area contributed by atoms with Gasteiger partial charge in [-0.25, -0.2) is 0 Å². The number of carbonyl (C=O) groups excluding carboxylic acids is 1. The summed E-state index contributed by atoms with van der Waals surface area (Å²) in [6.45, 7) is 1.78. The average molecular weight is 344 g/mol. The minimum atomic E-state index is -5.00. The molecule has 1 amide bonds. The van der Waals surface area contributed by atoms with E-state index in [0.717, 1.165) is 0 Å². The molecule has 1 aliphatic heterocycles. The van der Waals surface area contributed by atoms with E-state index in [2.05, 4.69) is 5.10 Å². The molecule has 0 aromatic heterocycles. The van der Waals surface area contributed by atoms with E-state index in [1.54, 1.807) is 25.1 Å². The Morgan fingerprint density at radius 1 is 1.33 bits per heavy atom. The molecule has 0 bridgehead atoms. The summed E-state index contributed by atoms with van der Waals surface area (Å²) in [6.07, 6.45) is -5.15. The van der Waals surface area contributed by atoms with E-state index in [1.807, 2.05) is 0 Å². The molecule has 132 valence electrons. The summed E-state index contributed by atoms with van der Waals surface area (Å²) in [5.41, 5.74) is -2.71. The van der Waals surface area contributed by atoms with Gasteiger partial charge in [-0.3, -0.25) is 4.79 Å². The van der Waals surface area contributed by atoms with Gasteiger partial charge in [-0.15, -0.1) is 0 Å². The zero-order valence-electron chi connectivity index (χ0n) is 13.2. The number of alkyl halides is 3. The van der Waals surface area contributed by atoms with Crippen LogP contribution in [-0.4, -0.2) is 38.7 Å². The van der Waals surface area contributed by atoms with Crippen LogP contribution >= 0.6 is 0 Å². The Morgan fingerprint density at radius 2 is 2.00 bits per heavy atom. The summed E-state index contributed by atoms with van der Waals surface area (Å²) in [6, 6.07) is 6.26. The molecule has 1 aliphatic rings. The second-order valence-corrected chi connectivity index (χ2v) is 5.74. The maximum Gasteiger partial charge on any atom is 0.438 e. The zero-order chi connectivity index (χ0) is 18.0.